The molecule has 1 aliphatic rings. The maximum Gasteiger partial charge on any atom is 0.329 e. The average Bonchev–Trinajstić information content (AvgIpc) is 3.20. The van der Waals surface area contributed by atoms with Crippen LogP contribution in [-0.4, -0.2) is 31.3 Å². The first-order valence-corrected chi connectivity index (χ1v) is 6.28. The molecule has 19 heavy (non-hydrogen) atoms. The second kappa shape index (κ2) is 5.57. The summed E-state index contributed by atoms with van der Waals surface area (Å²) in [6, 6.07) is 6.43. The van der Waals surface area contributed by atoms with Crippen molar-refractivity contribution in [1.82, 2.24) is 5.32 Å². The lowest BCUT2D eigenvalue weighted by atomic mass is 10.0. The molecule has 0 saturated heterocycles. The molecule has 1 atom stereocenters. The van der Waals surface area contributed by atoms with Gasteiger partial charge in [-0.1, -0.05) is 12.1 Å². The molecule has 1 saturated carbocycles. The number of rotatable bonds is 6. The maximum atomic E-state index is 13.5. The van der Waals surface area contributed by atoms with Gasteiger partial charge in [0.25, 0.3) is 0 Å². The molecule has 1 N–H and O–H groups in total. The molecule has 1 fully saturated rings. The number of nitrogens with one attached hydrogen (secondary N) is 1. The van der Waals surface area contributed by atoms with Gasteiger partial charge in [-0.25, -0.2) is 9.18 Å². The third-order valence-electron chi connectivity index (χ3n) is 3.09. The monoisotopic (exact) mass is 267 g/mol. The summed E-state index contributed by atoms with van der Waals surface area (Å²) in [5.41, 5.74) is -0.960. The number of hydrogen-bond acceptors (Lipinski definition) is 4. The van der Waals surface area contributed by atoms with Crippen LogP contribution in [0.4, 0.5) is 4.39 Å². The number of halogens is 1. The van der Waals surface area contributed by atoms with Gasteiger partial charge in [0.05, 0.1) is 7.11 Å². The lowest BCUT2D eigenvalue weighted by Gasteiger charge is -2.28. The van der Waals surface area contributed by atoms with Crippen LogP contribution >= 0.6 is 0 Å². The fourth-order valence-corrected chi connectivity index (χ4v) is 1.85. The molecule has 0 amide bonds. The average molecular weight is 267 g/mol. The molecule has 104 valence electrons. The van der Waals surface area contributed by atoms with E-state index in [-0.39, 0.29) is 12.4 Å². The quantitative estimate of drug-likeness (QED) is 0.800. The standard InChI is InChI=1S/C14H18FNO3/c1-14(13(17)18-2,16-10-7-8-10)9-19-12-6-4-3-5-11(12)15/h3-6,10,16H,7-9H2,1-2H3. The van der Waals surface area contributed by atoms with Crippen molar-refractivity contribution in [2.24, 2.45) is 0 Å². The fraction of sp³-hybridized carbons (Fsp3) is 0.500. The normalized spacial score (nSPS) is 17.6. The van der Waals surface area contributed by atoms with Gasteiger partial charge in [0.1, 0.15) is 12.1 Å². The molecular weight excluding hydrogens is 249 g/mol. The minimum absolute atomic E-state index is 0.0249. The Balaban J connectivity index is 2.03. The van der Waals surface area contributed by atoms with E-state index in [0.29, 0.717) is 6.04 Å². The third kappa shape index (κ3) is 3.44. The number of benzene rings is 1. The molecule has 1 unspecified atom stereocenters. The molecule has 0 spiro atoms. The van der Waals surface area contributed by atoms with Gasteiger partial charge in [-0.15, -0.1) is 0 Å². The van der Waals surface area contributed by atoms with Gasteiger partial charge in [0.15, 0.2) is 11.6 Å². The van der Waals surface area contributed by atoms with E-state index in [1.54, 1.807) is 19.1 Å². The van der Waals surface area contributed by atoms with Gasteiger partial charge in [-0.3, -0.25) is 5.32 Å². The lowest BCUT2D eigenvalue weighted by Crippen LogP contribution is -2.55. The predicted molar refractivity (Wildman–Crippen MR) is 68.5 cm³/mol. The van der Waals surface area contributed by atoms with Gasteiger partial charge >= 0.3 is 5.97 Å². The van der Waals surface area contributed by atoms with Crippen LogP contribution in [-0.2, 0) is 9.53 Å². The van der Waals surface area contributed by atoms with Crippen molar-refractivity contribution in [3.63, 3.8) is 0 Å². The maximum absolute atomic E-state index is 13.5. The van der Waals surface area contributed by atoms with Gasteiger partial charge < -0.3 is 9.47 Å². The summed E-state index contributed by atoms with van der Waals surface area (Å²) in [5.74, 6) is -0.716. The Labute approximate surface area is 111 Å². The van der Waals surface area contributed by atoms with Crippen LogP contribution in [0.2, 0.25) is 0 Å². The Kier molecular flexibility index (Phi) is 4.04. The van der Waals surface area contributed by atoms with E-state index in [2.05, 4.69) is 5.32 Å². The van der Waals surface area contributed by atoms with Crippen molar-refractivity contribution in [3.05, 3.63) is 30.1 Å². The topological polar surface area (TPSA) is 47.6 Å². The van der Waals surface area contributed by atoms with E-state index in [0.717, 1.165) is 12.8 Å². The van der Waals surface area contributed by atoms with Crippen LogP contribution in [0.5, 0.6) is 5.75 Å². The van der Waals surface area contributed by atoms with E-state index in [4.69, 9.17) is 9.47 Å². The summed E-state index contributed by atoms with van der Waals surface area (Å²) in [6.07, 6.45) is 2.07. The van der Waals surface area contributed by atoms with Gasteiger partial charge in [-0.2, -0.15) is 0 Å². The summed E-state index contributed by atoms with van der Waals surface area (Å²) >= 11 is 0. The first-order valence-electron chi connectivity index (χ1n) is 6.28. The highest BCUT2D eigenvalue weighted by molar-refractivity contribution is 5.80. The van der Waals surface area contributed by atoms with Crippen molar-refractivity contribution in [1.29, 1.82) is 0 Å². The summed E-state index contributed by atoms with van der Waals surface area (Å²) in [6.45, 7) is 1.73. The van der Waals surface area contributed by atoms with Crippen molar-refractivity contribution in [2.45, 2.75) is 31.3 Å². The molecule has 5 heteroatoms. The number of esters is 1. The number of methoxy groups -OCH3 is 1. The Hall–Kier alpha value is -1.62. The molecular formula is C14H18FNO3. The molecule has 4 nitrogen and oxygen atoms in total. The molecule has 0 bridgehead atoms. The Morgan fingerprint density at radius 1 is 1.47 bits per heavy atom. The Morgan fingerprint density at radius 3 is 2.74 bits per heavy atom. The van der Waals surface area contributed by atoms with Crippen molar-refractivity contribution < 1.29 is 18.7 Å². The summed E-state index contributed by atoms with van der Waals surface area (Å²) in [7, 11) is 1.33. The number of carbonyl (C=O) groups excluding carboxylic acids is 1. The van der Waals surface area contributed by atoms with Crippen LogP contribution in [0.1, 0.15) is 19.8 Å². The molecule has 2 rings (SSSR count). The Morgan fingerprint density at radius 2 is 2.16 bits per heavy atom. The zero-order valence-electron chi connectivity index (χ0n) is 11.1. The molecule has 1 aromatic carbocycles. The fourth-order valence-electron chi connectivity index (χ4n) is 1.85. The summed E-state index contributed by atoms with van der Waals surface area (Å²) in [5, 5.41) is 3.19. The van der Waals surface area contributed by atoms with E-state index in [1.807, 2.05) is 0 Å². The molecule has 1 aromatic rings. The van der Waals surface area contributed by atoms with Crippen LogP contribution in [0.3, 0.4) is 0 Å². The molecule has 1 aliphatic carbocycles. The van der Waals surface area contributed by atoms with Crippen LogP contribution in [0.15, 0.2) is 24.3 Å². The first kappa shape index (κ1) is 13.8. The second-order valence-corrected chi connectivity index (χ2v) is 4.96. The molecule has 0 heterocycles. The van der Waals surface area contributed by atoms with Gasteiger partial charge in [0.2, 0.25) is 0 Å². The van der Waals surface area contributed by atoms with E-state index in [1.165, 1.54) is 19.2 Å². The van der Waals surface area contributed by atoms with Crippen LogP contribution in [0, 0.1) is 5.82 Å². The number of ether oxygens (including phenoxy) is 2. The number of para-hydroxylation sites is 1. The van der Waals surface area contributed by atoms with Crippen molar-refractivity contribution >= 4 is 5.97 Å². The van der Waals surface area contributed by atoms with Crippen molar-refractivity contribution in [3.8, 4) is 5.75 Å². The highest BCUT2D eigenvalue weighted by atomic mass is 19.1. The van der Waals surface area contributed by atoms with Crippen LogP contribution < -0.4 is 10.1 Å². The van der Waals surface area contributed by atoms with E-state index < -0.39 is 17.3 Å². The SMILES string of the molecule is COC(=O)C(C)(COc1ccccc1F)NC1CC1. The van der Waals surface area contributed by atoms with E-state index >= 15 is 0 Å². The highest BCUT2D eigenvalue weighted by Crippen LogP contribution is 2.24. The first-order chi connectivity index (χ1) is 9.05. The molecule has 0 aliphatic heterocycles. The van der Waals surface area contributed by atoms with E-state index in [9.17, 15) is 9.18 Å². The molecule has 0 aromatic heterocycles. The predicted octanol–water partition coefficient (Wildman–Crippen LogP) is 1.89. The van der Waals surface area contributed by atoms with Crippen molar-refractivity contribution in [2.75, 3.05) is 13.7 Å². The zero-order valence-corrected chi connectivity index (χ0v) is 11.1. The lowest BCUT2D eigenvalue weighted by molar-refractivity contribution is -0.149. The number of carbonyl (C=O) groups is 1. The largest absolute Gasteiger partial charge is 0.488 e. The smallest absolute Gasteiger partial charge is 0.329 e. The zero-order chi connectivity index (χ0) is 13.9. The second-order valence-electron chi connectivity index (χ2n) is 4.96. The summed E-state index contributed by atoms with van der Waals surface area (Å²) < 4.78 is 23.7. The van der Waals surface area contributed by atoms with Gasteiger partial charge in [-0.05, 0) is 31.9 Å². The van der Waals surface area contributed by atoms with Crippen LogP contribution in [0.25, 0.3) is 0 Å². The Bertz CT molecular complexity index is 462. The minimum Gasteiger partial charge on any atom is -0.488 e. The molecule has 0 radical (unpaired) electrons. The van der Waals surface area contributed by atoms with Gasteiger partial charge in [0, 0.05) is 6.04 Å². The third-order valence-corrected chi connectivity index (χ3v) is 3.09. The minimum atomic E-state index is -0.960. The summed E-state index contributed by atoms with van der Waals surface area (Å²) in [4.78, 5) is 11.8. The number of hydrogen-bond donors (Lipinski definition) is 1. The highest BCUT2D eigenvalue weighted by Gasteiger charge is 2.40.